The Morgan fingerprint density at radius 2 is 2.00 bits per heavy atom. The minimum absolute atomic E-state index is 0.00656. The summed E-state index contributed by atoms with van der Waals surface area (Å²) in [7, 11) is 1.65. The van der Waals surface area contributed by atoms with Gasteiger partial charge in [-0.05, 0) is 24.6 Å². The predicted octanol–water partition coefficient (Wildman–Crippen LogP) is 1.78. The molecule has 3 heterocycles. The third-order valence-electron chi connectivity index (χ3n) is 4.55. The first-order valence-electron chi connectivity index (χ1n) is 8.27. The summed E-state index contributed by atoms with van der Waals surface area (Å²) in [6.45, 7) is 4.77. The number of aromatic nitrogens is 3. The lowest BCUT2D eigenvalue weighted by molar-refractivity contribution is 0.0152. The van der Waals surface area contributed by atoms with E-state index in [9.17, 15) is 4.79 Å². The lowest BCUT2D eigenvalue weighted by Gasteiger charge is -2.36. The maximum Gasteiger partial charge on any atom is 0.264 e. The highest BCUT2D eigenvalue weighted by Gasteiger charge is 2.43. The number of ether oxygens (including phenoxy) is 2. The van der Waals surface area contributed by atoms with Crippen LogP contribution in [0.1, 0.15) is 22.2 Å². The van der Waals surface area contributed by atoms with Crippen molar-refractivity contribution in [2.75, 3.05) is 33.4 Å². The van der Waals surface area contributed by atoms with Gasteiger partial charge in [0.05, 0.1) is 26.4 Å². The summed E-state index contributed by atoms with van der Waals surface area (Å²) in [5, 5.41) is 4.66. The molecular weight excluding hydrogens is 340 g/mol. The van der Waals surface area contributed by atoms with Crippen LogP contribution in [0.4, 0.5) is 0 Å². The minimum Gasteiger partial charge on any atom is -0.497 e. The average Bonchev–Trinajstić information content (AvgIpc) is 3.15. The molecule has 2 aliphatic rings. The molecule has 132 valence electrons. The first-order valence-corrected chi connectivity index (χ1v) is 9.15. The van der Waals surface area contributed by atoms with Crippen LogP contribution in [0.3, 0.4) is 0 Å². The van der Waals surface area contributed by atoms with Crippen molar-refractivity contribution in [3.8, 4) is 5.75 Å². The Bertz CT molecular complexity index is 771. The molecule has 2 unspecified atom stereocenters. The van der Waals surface area contributed by atoms with Crippen LogP contribution in [-0.2, 0) is 4.74 Å². The van der Waals surface area contributed by atoms with Crippen LogP contribution >= 0.6 is 11.8 Å². The molecule has 2 aromatic rings. The largest absolute Gasteiger partial charge is 0.497 e. The van der Waals surface area contributed by atoms with Gasteiger partial charge in [0.2, 0.25) is 0 Å². The number of nitrogens with zero attached hydrogens (tertiary/aromatic N) is 4. The quantitative estimate of drug-likeness (QED) is 0.823. The van der Waals surface area contributed by atoms with E-state index in [-0.39, 0.29) is 17.2 Å². The number of carbonyl (C=O) groups excluding carboxylic acids is 1. The van der Waals surface area contributed by atoms with Crippen molar-refractivity contribution >= 4 is 17.7 Å². The molecule has 0 N–H and O–H groups in total. The zero-order chi connectivity index (χ0) is 17.4. The van der Waals surface area contributed by atoms with E-state index in [0.29, 0.717) is 24.2 Å². The van der Waals surface area contributed by atoms with Crippen LogP contribution in [0.5, 0.6) is 5.75 Å². The van der Waals surface area contributed by atoms with E-state index in [1.807, 2.05) is 24.3 Å². The van der Waals surface area contributed by atoms with Crippen LogP contribution in [0.2, 0.25) is 0 Å². The van der Waals surface area contributed by atoms with Crippen molar-refractivity contribution in [3.63, 3.8) is 0 Å². The number of fused-ring (bicyclic) bond motifs is 1. The molecule has 0 spiro atoms. The molecule has 1 fully saturated rings. The summed E-state index contributed by atoms with van der Waals surface area (Å²) in [6.07, 6.45) is 0. The fourth-order valence-corrected chi connectivity index (χ4v) is 4.63. The lowest BCUT2D eigenvalue weighted by atomic mass is 10.0. The standard InChI is InChI=1S/C17H20N4O3S/c1-11-18-17-21(19-11)16(22)15(25-17)14(20-7-9-24-10-8-20)12-3-5-13(23-2)6-4-12/h3-6,14-15H,7-10H2,1-2H3. The van der Waals surface area contributed by atoms with E-state index in [2.05, 4.69) is 15.0 Å². The number of morpholine rings is 1. The molecule has 0 bridgehead atoms. The Labute approximate surface area is 150 Å². The second kappa shape index (κ2) is 6.78. The van der Waals surface area contributed by atoms with Gasteiger partial charge in [-0.1, -0.05) is 23.9 Å². The van der Waals surface area contributed by atoms with Gasteiger partial charge < -0.3 is 9.47 Å². The van der Waals surface area contributed by atoms with Crippen molar-refractivity contribution in [2.45, 2.75) is 23.4 Å². The molecule has 0 radical (unpaired) electrons. The van der Waals surface area contributed by atoms with Gasteiger partial charge in [0.15, 0.2) is 5.16 Å². The Balaban J connectivity index is 1.67. The van der Waals surface area contributed by atoms with Gasteiger partial charge in [-0.2, -0.15) is 4.68 Å². The molecule has 8 heteroatoms. The van der Waals surface area contributed by atoms with Crippen molar-refractivity contribution in [1.82, 2.24) is 19.7 Å². The molecule has 0 amide bonds. The van der Waals surface area contributed by atoms with Gasteiger partial charge in [-0.25, -0.2) is 4.98 Å². The topological polar surface area (TPSA) is 69.5 Å². The highest BCUT2D eigenvalue weighted by molar-refractivity contribution is 8.00. The first kappa shape index (κ1) is 16.6. The number of thioether (sulfide) groups is 1. The van der Waals surface area contributed by atoms with E-state index in [1.54, 1.807) is 14.0 Å². The fourth-order valence-electron chi connectivity index (χ4n) is 3.33. The molecule has 1 aromatic carbocycles. The van der Waals surface area contributed by atoms with Crippen LogP contribution in [0.15, 0.2) is 29.4 Å². The summed E-state index contributed by atoms with van der Waals surface area (Å²) in [4.78, 5) is 19.6. The summed E-state index contributed by atoms with van der Waals surface area (Å²) in [5.41, 5.74) is 1.09. The number of rotatable bonds is 4. The molecule has 4 rings (SSSR count). The maximum atomic E-state index is 12.9. The number of aryl methyl sites for hydroxylation is 1. The normalized spacial score (nSPS) is 22.0. The summed E-state index contributed by atoms with van der Waals surface area (Å²) in [5.74, 6) is 1.43. The molecule has 1 saturated heterocycles. The zero-order valence-corrected chi connectivity index (χ0v) is 15.0. The SMILES string of the molecule is COc1ccc(C(C2Sc3nc(C)nn3C2=O)N2CCOCC2)cc1. The fraction of sp³-hybridized carbons (Fsp3) is 0.471. The smallest absolute Gasteiger partial charge is 0.264 e. The number of hydrogen-bond acceptors (Lipinski definition) is 7. The van der Waals surface area contributed by atoms with Crippen molar-refractivity contribution in [2.24, 2.45) is 0 Å². The second-order valence-electron chi connectivity index (χ2n) is 6.10. The van der Waals surface area contributed by atoms with E-state index in [4.69, 9.17) is 9.47 Å². The number of carbonyl (C=O) groups is 1. The van der Waals surface area contributed by atoms with Crippen LogP contribution < -0.4 is 4.74 Å². The highest BCUT2D eigenvalue weighted by Crippen LogP contribution is 2.41. The van der Waals surface area contributed by atoms with E-state index in [1.165, 1.54) is 16.4 Å². The number of hydrogen-bond donors (Lipinski definition) is 0. The zero-order valence-electron chi connectivity index (χ0n) is 14.2. The van der Waals surface area contributed by atoms with Crippen molar-refractivity contribution in [1.29, 1.82) is 0 Å². The van der Waals surface area contributed by atoms with E-state index < -0.39 is 0 Å². The molecule has 25 heavy (non-hydrogen) atoms. The summed E-state index contributed by atoms with van der Waals surface area (Å²) < 4.78 is 12.2. The van der Waals surface area contributed by atoms with Gasteiger partial charge in [0.1, 0.15) is 16.8 Å². The average molecular weight is 360 g/mol. The third kappa shape index (κ3) is 3.05. The molecule has 7 nitrogen and oxygen atoms in total. The highest BCUT2D eigenvalue weighted by atomic mass is 32.2. The summed E-state index contributed by atoms with van der Waals surface area (Å²) >= 11 is 1.50. The predicted molar refractivity (Wildman–Crippen MR) is 93.2 cm³/mol. The number of benzene rings is 1. The van der Waals surface area contributed by atoms with E-state index >= 15 is 0 Å². The first-order chi connectivity index (χ1) is 12.2. The van der Waals surface area contributed by atoms with E-state index in [0.717, 1.165) is 24.4 Å². The third-order valence-corrected chi connectivity index (χ3v) is 5.74. The summed E-state index contributed by atoms with van der Waals surface area (Å²) in [6, 6.07) is 7.90. The molecular formula is C17H20N4O3S. The van der Waals surface area contributed by atoms with Gasteiger partial charge in [0.25, 0.3) is 5.91 Å². The van der Waals surface area contributed by atoms with Gasteiger partial charge in [-0.15, -0.1) is 5.10 Å². The Morgan fingerprint density at radius 1 is 1.28 bits per heavy atom. The van der Waals surface area contributed by atoms with Gasteiger partial charge >= 0.3 is 0 Å². The second-order valence-corrected chi connectivity index (χ2v) is 7.21. The van der Waals surface area contributed by atoms with Crippen molar-refractivity contribution < 1.29 is 14.3 Å². The molecule has 0 aliphatic carbocycles. The lowest BCUT2D eigenvalue weighted by Crippen LogP contribution is -2.44. The van der Waals surface area contributed by atoms with Crippen molar-refractivity contribution in [3.05, 3.63) is 35.7 Å². The molecule has 2 atom stereocenters. The number of methoxy groups -OCH3 is 1. The van der Waals surface area contributed by atoms with Crippen LogP contribution in [0, 0.1) is 6.92 Å². The van der Waals surface area contributed by atoms with Crippen LogP contribution in [-0.4, -0.2) is 64.2 Å². The Hall–Kier alpha value is -1.90. The van der Waals surface area contributed by atoms with Gasteiger partial charge in [0, 0.05) is 13.1 Å². The monoisotopic (exact) mass is 360 g/mol. The molecule has 0 saturated carbocycles. The molecule has 2 aliphatic heterocycles. The Kier molecular flexibility index (Phi) is 4.49. The van der Waals surface area contributed by atoms with Gasteiger partial charge in [-0.3, -0.25) is 9.69 Å². The minimum atomic E-state index is -0.262. The maximum absolute atomic E-state index is 12.9. The van der Waals surface area contributed by atoms with Crippen LogP contribution in [0.25, 0.3) is 0 Å². The molecule has 1 aromatic heterocycles. The Morgan fingerprint density at radius 3 is 2.64 bits per heavy atom.